The minimum Gasteiger partial charge on any atom is -0.457 e. The molecule has 1 aliphatic heterocycles. The number of rotatable bonds is 12. The Hall–Kier alpha value is -3.03. The minimum atomic E-state index is -0.600. The normalized spacial score (nSPS) is 23.5. The molecule has 1 saturated heterocycles. The topological polar surface area (TPSA) is 63.2 Å². The summed E-state index contributed by atoms with van der Waals surface area (Å²) in [6.07, 6.45) is -1.72. The van der Waals surface area contributed by atoms with Crippen LogP contribution in [-0.4, -0.2) is 43.1 Å². The first-order valence-corrected chi connectivity index (χ1v) is 12.9. The molecule has 0 radical (unpaired) electrons. The molecule has 0 aliphatic carbocycles. The van der Waals surface area contributed by atoms with E-state index in [1.807, 2.05) is 97.9 Å². The maximum Gasteiger partial charge on any atom is 0.303 e. The standard InChI is InChI=1S/C31H36O6/c1-3-27-30(36-23(2)32)31(35-21-26-17-11-6-12-18-26)29(34-20-25-15-9-5-10-16-25)28(37-27)22-33-19-24-13-7-4-8-14-24/h4-18,27-31H,3,19-22H2,1-2H3/t27-,28+,29+,30-,31-/m0/s1. The molecule has 37 heavy (non-hydrogen) atoms. The lowest BCUT2D eigenvalue weighted by molar-refractivity contribution is -0.266. The number of hydrogen-bond donors (Lipinski definition) is 0. The summed E-state index contributed by atoms with van der Waals surface area (Å²) in [6, 6.07) is 29.9. The van der Waals surface area contributed by atoms with Crippen LogP contribution in [0, 0.1) is 0 Å². The van der Waals surface area contributed by atoms with Crippen LogP contribution in [0.5, 0.6) is 0 Å². The molecular weight excluding hydrogens is 468 g/mol. The molecule has 0 unspecified atom stereocenters. The van der Waals surface area contributed by atoms with Gasteiger partial charge in [0.2, 0.25) is 0 Å². The molecule has 196 valence electrons. The Balaban J connectivity index is 1.56. The molecule has 0 N–H and O–H groups in total. The van der Waals surface area contributed by atoms with E-state index in [2.05, 4.69) is 0 Å². The molecule has 1 aliphatic rings. The van der Waals surface area contributed by atoms with Crippen LogP contribution >= 0.6 is 0 Å². The lowest BCUT2D eigenvalue weighted by Gasteiger charge is -2.45. The highest BCUT2D eigenvalue weighted by molar-refractivity contribution is 5.66. The molecule has 1 fully saturated rings. The third kappa shape index (κ3) is 7.98. The van der Waals surface area contributed by atoms with Crippen LogP contribution in [0.1, 0.15) is 37.0 Å². The zero-order valence-corrected chi connectivity index (χ0v) is 21.5. The quantitative estimate of drug-likeness (QED) is 0.304. The van der Waals surface area contributed by atoms with Crippen molar-refractivity contribution in [2.45, 2.75) is 70.6 Å². The van der Waals surface area contributed by atoms with Crippen LogP contribution in [0.25, 0.3) is 0 Å². The predicted molar refractivity (Wildman–Crippen MR) is 141 cm³/mol. The van der Waals surface area contributed by atoms with Gasteiger partial charge in [-0.05, 0) is 23.1 Å². The molecule has 4 rings (SSSR count). The second-order valence-corrected chi connectivity index (χ2v) is 9.22. The molecule has 3 aromatic carbocycles. The van der Waals surface area contributed by atoms with Gasteiger partial charge in [-0.3, -0.25) is 4.79 Å². The molecule has 0 spiro atoms. The summed E-state index contributed by atoms with van der Waals surface area (Å²) in [5.41, 5.74) is 3.15. The SMILES string of the molecule is CC[C@@H]1O[C@H](COCc2ccccc2)[C@@H](OCc2ccccc2)[C@H](OCc2ccccc2)[C@H]1OC(C)=O. The van der Waals surface area contributed by atoms with Crippen molar-refractivity contribution in [1.82, 2.24) is 0 Å². The first kappa shape index (κ1) is 27.0. The fourth-order valence-corrected chi connectivity index (χ4v) is 4.58. The van der Waals surface area contributed by atoms with Crippen LogP contribution in [0.2, 0.25) is 0 Å². The van der Waals surface area contributed by atoms with Gasteiger partial charge in [-0.2, -0.15) is 0 Å². The zero-order chi connectivity index (χ0) is 25.9. The van der Waals surface area contributed by atoms with Crippen LogP contribution in [0.3, 0.4) is 0 Å². The molecular formula is C31H36O6. The van der Waals surface area contributed by atoms with E-state index in [4.69, 9.17) is 23.7 Å². The number of ether oxygens (including phenoxy) is 5. The highest BCUT2D eigenvalue weighted by atomic mass is 16.6. The van der Waals surface area contributed by atoms with Gasteiger partial charge in [0.15, 0.2) is 6.10 Å². The second-order valence-electron chi connectivity index (χ2n) is 9.22. The third-order valence-corrected chi connectivity index (χ3v) is 6.40. The minimum absolute atomic E-state index is 0.322. The van der Waals surface area contributed by atoms with Crippen LogP contribution < -0.4 is 0 Å². The largest absolute Gasteiger partial charge is 0.457 e. The molecule has 0 bridgehead atoms. The summed E-state index contributed by atoms with van der Waals surface area (Å²) in [6.45, 7) is 4.95. The highest BCUT2D eigenvalue weighted by Gasteiger charge is 2.48. The van der Waals surface area contributed by atoms with Gasteiger partial charge in [0.1, 0.15) is 18.3 Å². The van der Waals surface area contributed by atoms with Crippen LogP contribution in [-0.2, 0) is 48.3 Å². The van der Waals surface area contributed by atoms with Crippen molar-refractivity contribution < 1.29 is 28.5 Å². The fourth-order valence-electron chi connectivity index (χ4n) is 4.58. The van der Waals surface area contributed by atoms with Gasteiger partial charge < -0.3 is 23.7 Å². The third-order valence-electron chi connectivity index (χ3n) is 6.40. The summed E-state index contributed by atoms with van der Waals surface area (Å²) in [7, 11) is 0. The maximum absolute atomic E-state index is 12.1. The molecule has 6 heteroatoms. The van der Waals surface area contributed by atoms with E-state index < -0.39 is 24.4 Å². The van der Waals surface area contributed by atoms with Crippen molar-refractivity contribution >= 4 is 5.97 Å². The lowest BCUT2D eigenvalue weighted by atomic mass is 9.93. The van der Waals surface area contributed by atoms with E-state index in [9.17, 15) is 4.79 Å². The van der Waals surface area contributed by atoms with Crippen LogP contribution in [0.4, 0.5) is 0 Å². The van der Waals surface area contributed by atoms with Crippen molar-refractivity contribution in [3.8, 4) is 0 Å². The van der Waals surface area contributed by atoms with Gasteiger partial charge in [-0.15, -0.1) is 0 Å². The Kier molecular flexibility index (Phi) is 10.3. The molecule has 1 heterocycles. The molecule has 0 aromatic heterocycles. The van der Waals surface area contributed by atoms with Gasteiger partial charge in [0.25, 0.3) is 0 Å². The zero-order valence-electron chi connectivity index (χ0n) is 21.5. The Bertz CT molecular complexity index is 1060. The highest BCUT2D eigenvalue weighted by Crippen LogP contribution is 2.31. The average Bonchev–Trinajstić information content (AvgIpc) is 2.93. The summed E-state index contributed by atoms with van der Waals surface area (Å²) < 4.78 is 31.3. The van der Waals surface area contributed by atoms with Crippen LogP contribution in [0.15, 0.2) is 91.0 Å². The van der Waals surface area contributed by atoms with Crippen molar-refractivity contribution in [1.29, 1.82) is 0 Å². The summed E-state index contributed by atoms with van der Waals surface area (Å²) in [5, 5.41) is 0. The van der Waals surface area contributed by atoms with Gasteiger partial charge in [-0.25, -0.2) is 0 Å². The van der Waals surface area contributed by atoms with Crippen molar-refractivity contribution in [2.75, 3.05) is 6.61 Å². The average molecular weight is 505 g/mol. The molecule has 0 amide bonds. The monoisotopic (exact) mass is 504 g/mol. The summed E-state index contributed by atoms with van der Waals surface area (Å²) in [4.78, 5) is 12.1. The van der Waals surface area contributed by atoms with E-state index in [-0.39, 0.29) is 12.1 Å². The van der Waals surface area contributed by atoms with Crippen molar-refractivity contribution in [2.24, 2.45) is 0 Å². The predicted octanol–water partition coefficient (Wildman–Crippen LogP) is 5.48. The maximum atomic E-state index is 12.1. The molecule has 5 atom stereocenters. The number of benzene rings is 3. The second kappa shape index (κ2) is 14.1. The Morgan fingerprint density at radius 1 is 0.676 bits per heavy atom. The van der Waals surface area contributed by atoms with E-state index in [0.29, 0.717) is 32.8 Å². The lowest BCUT2D eigenvalue weighted by Crippen LogP contribution is -2.61. The molecule has 6 nitrogen and oxygen atoms in total. The fraction of sp³-hybridized carbons (Fsp3) is 0.387. The van der Waals surface area contributed by atoms with E-state index in [1.54, 1.807) is 0 Å². The number of esters is 1. The van der Waals surface area contributed by atoms with Gasteiger partial charge in [0.05, 0.1) is 32.5 Å². The smallest absolute Gasteiger partial charge is 0.303 e. The summed E-state index contributed by atoms with van der Waals surface area (Å²) in [5.74, 6) is -0.374. The number of hydrogen-bond acceptors (Lipinski definition) is 6. The Morgan fingerprint density at radius 2 is 1.16 bits per heavy atom. The molecule has 3 aromatic rings. The van der Waals surface area contributed by atoms with E-state index in [0.717, 1.165) is 16.7 Å². The van der Waals surface area contributed by atoms with Crippen molar-refractivity contribution in [3.63, 3.8) is 0 Å². The Labute approximate surface area is 219 Å². The van der Waals surface area contributed by atoms with E-state index in [1.165, 1.54) is 6.92 Å². The number of carbonyl (C=O) groups is 1. The first-order chi connectivity index (χ1) is 18.1. The van der Waals surface area contributed by atoms with Gasteiger partial charge >= 0.3 is 5.97 Å². The Morgan fingerprint density at radius 3 is 1.65 bits per heavy atom. The first-order valence-electron chi connectivity index (χ1n) is 12.9. The van der Waals surface area contributed by atoms with E-state index >= 15 is 0 Å². The summed E-state index contributed by atoms with van der Waals surface area (Å²) >= 11 is 0. The van der Waals surface area contributed by atoms with Gasteiger partial charge in [-0.1, -0.05) is 97.9 Å². The molecule has 0 saturated carbocycles. The number of carbonyl (C=O) groups excluding carboxylic acids is 1. The van der Waals surface area contributed by atoms with Crippen molar-refractivity contribution in [3.05, 3.63) is 108 Å². The van der Waals surface area contributed by atoms with Gasteiger partial charge in [0, 0.05) is 6.92 Å².